The van der Waals surface area contributed by atoms with Gasteiger partial charge in [-0.15, -0.1) is 5.10 Å². The second kappa shape index (κ2) is 6.78. The van der Waals surface area contributed by atoms with Gasteiger partial charge in [-0.1, -0.05) is 19.1 Å². The van der Waals surface area contributed by atoms with Gasteiger partial charge in [0, 0.05) is 19.7 Å². The number of nitrogens with one attached hydrogen (secondary N) is 1. The summed E-state index contributed by atoms with van der Waals surface area (Å²) in [5, 5.41) is 7.35. The highest BCUT2D eigenvalue weighted by molar-refractivity contribution is 9.10. The second-order valence-corrected chi connectivity index (χ2v) is 6.82. The third-order valence-corrected chi connectivity index (χ3v) is 4.98. The average Bonchev–Trinajstić information content (AvgIpc) is 2.64. The van der Waals surface area contributed by atoms with Crippen LogP contribution < -0.4 is 4.72 Å². The third-order valence-electron chi connectivity index (χ3n) is 2.60. The lowest BCUT2D eigenvalue weighted by Crippen LogP contribution is -2.42. The van der Waals surface area contributed by atoms with Crippen molar-refractivity contribution >= 4 is 26.0 Å². The molecule has 7 nitrogen and oxygen atoms in total. The van der Waals surface area contributed by atoms with Gasteiger partial charge >= 0.3 is 0 Å². The summed E-state index contributed by atoms with van der Waals surface area (Å²) < 4.78 is 34.0. The maximum atomic E-state index is 12.3. The maximum Gasteiger partial charge on any atom is 0.260 e. The first kappa shape index (κ1) is 16.5. The fraction of sp³-hybridized carbons (Fsp3) is 0.800. The second-order valence-electron chi connectivity index (χ2n) is 4.44. The normalized spacial score (nSPS) is 14.0. The molecule has 0 aliphatic heterocycles. The molecule has 0 aromatic carbocycles. The Morgan fingerprint density at radius 2 is 2.11 bits per heavy atom. The molecule has 0 bridgehead atoms. The molecule has 1 aromatic rings. The minimum Gasteiger partial charge on any atom is -0.380 e. The summed E-state index contributed by atoms with van der Waals surface area (Å²) in [5.74, 6) is 0.112. The topological polar surface area (TPSA) is 86.1 Å². The molecule has 1 aromatic heterocycles. The van der Waals surface area contributed by atoms with Crippen LogP contribution in [0.5, 0.6) is 0 Å². The van der Waals surface area contributed by atoms with E-state index in [1.807, 2.05) is 20.8 Å². The third kappa shape index (κ3) is 4.23. The van der Waals surface area contributed by atoms with Crippen LogP contribution in [0.4, 0.5) is 0 Å². The lowest BCUT2D eigenvalue weighted by atomic mass is 10.1. The van der Waals surface area contributed by atoms with Gasteiger partial charge in [-0.2, -0.15) is 0 Å². The highest BCUT2D eigenvalue weighted by atomic mass is 79.9. The molecule has 0 saturated carbocycles. The summed E-state index contributed by atoms with van der Waals surface area (Å²) in [6, 6.07) is -0.299. The van der Waals surface area contributed by atoms with Gasteiger partial charge < -0.3 is 4.74 Å². The first-order valence-corrected chi connectivity index (χ1v) is 8.22. The van der Waals surface area contributed by atoms with Crippen molar-refractivity contribution in [2.75, 3.05) is 13.2 Å². The maximum absolute atomic E-state index is 12.3. The number of nitrogens with zero attached hydrogens (tertiary/aromatic N) is 3. The zero-order valence-corrected chi connectivity index (χ0v) is 13.8. The largest absolute Gasteiger partial charge is 0.380 e. The van der Waals surface area contributed by atoms with E-state index in [4.69, 9.17) is 4.74 Å². The smallest absolute Gasteiger partial charge is 0.260 e. The van der Waals surface area contributed by atoms with E-state index in [-0.39, 0.29) is 21.6 Å². The average molecular weight is 355 g/mol. The van der Waals surface area contributed by atoms with Crippen LogP contribution in [0.15, 0.2) is 9.63 Å². The van der Waals surface area contributed by atoms with Crippen molar-refractivity contribution in [3.05, 3.63) is 4.60 Å². The molecule has 1 unspecified atom stereocenters. The molecule has 0 fully saturated rings. The van der Waals surface area contributed by atoms with E-state index in [1.54, 1.807) is 0 Å². The number of rotatable bonds is 7. The van der Waals surface area contributed by atoms with Crippen molar-refractivity contribution < 1.29 is 13.2 Å². The fourth-order valence-corrected chi connectivity index (χ4v) is 3.93. The Morgan fingerprint density at radius 1 is 1.47 bits per heavy atom. The van der Waals surface area contributed by atoms with Crippen LogP contribution in [0, 0.1) is 5.92 Å². The number of aromatic nitrogens is 3. The van der Waals surface area contributed by atoms with Crippen LogP contribution in [-0.2, 0) is 21.8 Å². The molecule has 0 aliphatic carbocycles. The first-order chi connectivity index (χ1) is 8.79. The van der Waals surface area contributed by atoms with Crippen LogP contribution in [0.25, 0.3) is 0 Å². The quantitative estimate of drug-likeness (QED) is 0.786. The molecule has 1 rings (SSSR count). The van der Waals surface area contributed by atoms with Crippen LogP contribution >= 0.6 is 15.9 Å². The van der Waals surface area contributed by atoms with E-state index in [0.717, 1.165) is 0 Å². The molecule has 9 heteroatoms. The first-order valence-electron chi connectivity index (χ1n) is 5.94. The van der Waals surface area contributed by atoms with Gasteiger partial charge in [0.25, 0.3) is 10.0 Å². The van der Waals surface area contributed by atoms with Gasteiger partial charge in [0.2, 0.25) is 5.03 Å². The summed E-state index contributed by atoms with van der Waals surface area (Å²) in [4.78, 5) is 0. The molecule has 1 atom stereocenters. The minimum absolute atomic E-state index is 0.00893. The van der Waals surface area contributed by atoms with E-state index < -0.39 is 10.0 Å². The molecule has 110 valence electrons. The molecule has 1 heterocycles. The summed E-state index contributed by atoms with van der Waals surface area (Å²) in [6.45, 7) is 6.61. The monoisotopic (exact) mass is 354 g/mol. The van der Waals surface area contributed by atoms with Crippen LogP contribution in [0.3, 0.4) is 0 Å². The summed E-state index contributed by atoms with van der Waals surface area (Å²) in [7, 11) is -2.16. The van der Waals surface area contributed by atoms with Crippen molar-refractivity contribution in [2.45, 2.75) is 31.8 Å². The van der Waals surface area contributed by atoms with Crippen LogP contribution in [0.2, 0.25) is 0 Å². The lowest BCUT2D eigenvalue weighted by molar-refractivity contribution is 0.116. The Bertz CT molecular complexity index is 495. The van der Waals surface area contributed by atoms with Gasteiger partial charge in [0.05, 0.1) is 6.61 Å². The number of hydrogen-bond donors (Lipinski definition) is 1. The zero-order valence-electron chi connectivity index (χ0n) is 11.4. The summed E-state index contributed by atoms with van der Waals surface area (Å²) in [5.41, 5.74) is 0. The zero-order chi connectivity index (χ0) is 14.6. The molecule has 1 N–H and O–H groups in total. The van der Waals surface area contributed by atoms with E-state index in [0.29, 0.717) is 13.2 Å². The van der Waals surface area contributed by atoms with Crippen molar-refractivity contribution in [1.29, 1.82) is 0 Å². The molecular formula is C10H19BrN4O3S. The van der Waals surface area contributed by atoms with E-state index >= 15 is 0 Å². The molecule has 0 amide bonds. The number of halogens is 1. The Labute approximate surface area is 121 Å². The SMILES string of the molecule is CCOCC(NS(=O)(=O)c1c(Br)nnn1C)C(C)C. The highest BCUT2D eigenvalue weighted by Gasteiger charge is 2.28. The number of ether oxygens (including phenoxy) is 1. The molecule has 0 saturated heterocycles. The highest BCUT2D eigenvalue weighted by Crippen LogP contribution is 2.18. The van der Waals surface area contributed by atoms with Crippen molar-refractivity contribution in [2.24, 2.45) is 13.0 Å². The van der Waals surface area contributed by atoms with Gasteiger partial charge in [0.15, 0.2) is 4.60 Å². The molecule has 0 spiro atoms. The minimum atomic E-state index is -3.69. The Morgan fingerprint density at radius 3 is 2.53 bits per heavy atom. The standard InChI is InChI=1S/C10H19BrN4O3S/c1-5-18-6-8(7(2)3)13-19(16,17)10-9(11)12-14-15(10)4/h7-8,13H,5-6H2,1-4H3. The number of aryl methyl sites for hydroxylation is 1. The van der Waals surface area contributed by atoms with Crippen molar-refractivity contribution in [3.63, 3.8) is 0 Å². The number of hydrogen-bond acceptors (Lipinski definition) is 5. The van der Waals surface area contributed by atoms with Crippen LogP contribution in [-0.4, -0.2) is 42.7 Å². The molecular weight excluding hydrogens is 336 g/mol. The van der Waals surface area contributed by atoms with Crippen LogP contribution in [0.1, 0.15) is 20.8 Å². The van der Waals surface area contributed by atoms with Crippen molar-refractivity contribution in [3.8, 4) is 0 Å². The molecule has 19 heavy (non-hydrogen) atoms. The summed E-state index contributed by atoms with van der Waals surface area (Å²) >= 11 is 3.09. The fourth-order valence-electron chi connectivity index (χ4n) is 1.47. The molecule has 0 radical (unpaired) electrons. The Balaban J connectivity index is 2.94. The number of sulfonamides is 1. The predicted octanol–water partition coefficient (Wildman–Crippen LogP) is 0.917. The Hall–Kier alpha value is -0.510. The van der Waals surface area contributed by atoms with Gasteiger partial charge in [0.1, 0.15) is 0 Å². The van der Waals surface area contributed by atoms with Gasteiger partial charge in [-0.25, -0.2) is 17.8 Å². The van der Waals surface area contributed by atoms with E-state index in [9.17, 15) is 8.42 Å². The summed E-state index contributed by atoms with van der Waals surface area (Å²) in [6.07, 6.45) is 0. The predicted molar refractivity (Wildman–Crippen MR) is 74.1 cm³/mol. The van der Waals surface area contributed by atoms with E-state index in [1.165, 1.54) is 11.7 Å². The Kier molecular flexibility index (Phi) is 5.90. The van der Waals surface area contributed by atoms with E-state index in [2.05, 4.69) is 31.0 Å². The van der Waals surface area contributed by atoms with Gasteiger partial charge in [-0.05, 0) is 28.8 Å². The van der Waals surface area contributed by atoms with Gasteiger partial charge in [-0.3, -0.25) is 0 Å². The lowest BCUT2D eigenvalue weighted by Gasteiger charge is -2.21. The van der Waals surface area contributed by atoms with Crippen molar-refractivity contribution in [1.82, 2.24) is 19.7 Å². The molecule has 0 aliphatic rings.